The van der Waals surface area contributed by atoms with E-state index in [0.717, 1.165) is 27.6 Å². The van der Waals surface area contributed by atoms with Gasteiger partial charge in [0.1, 0.15) is 0 Å². The summed E-state index contributed by atoms with van der Waals surface area (Å²) in [6.07, 6.45) is 0.649. The lowest BCUT2D eigenvalue weighted by Crippen LogP contribution is -2.23. The minimum Gasteiger partial charge on any atom is -0.311 e. The van der Waals surface area contributed by atoms with Crippen LogP contribution in [0.5, 0.6) is 0 Å². The van der Waals surface area contributed by atoms with Crippen molar-refractivity contribution in [3.63, 3.8) is 0 Å². The number of aldehydes is 1. The molecule has 0 atom stereocenters. The van der Waals surface area contributed by atoms with Gasteiger partial charge < -0.3 is 4.57 Å². The standard InChI is InChI=1S/C14H15NO2/c1-8-5-9(2)13-10(3)11(7-16)14(17)15(4)12(13)6-8/h5-7H,1-4H3. The van der Waals surface area contributed by atoms with E-state index in [-0.39, 0.29) is 11.1 Å². The molecule has 88 valence electrons. The summed E-state index contributed by atoms with van der Waals surface area (Å²) in [6, 6.07) is 4.04. The van der Waals surface area contributed by atoms with Crippen LogP contribution in [0.2, 0.25) is 0 Å². The normalized spacial score (nSPS) is 10.8. The molecule has 0 aliphatic heterocycles. The molecule has 0 unspecified atom stereocenters. The largest absolute Gasteiger partial charge is 0.311 e. The number of fused-ring (bicyclic) bond motifs is 1. The van der Waals surface area contributed by atoms with Gasteiger partial charge in [-0.25, -0.2) is 0 Å². The van der Waals surface area contributed by atoms with Crippen LogP contribution in [0, 0.1) is 20.8 Å². The fraction of sp³-hybridized carbons (Fsp3) is 0.286. The molecule has 0 amide bonds. The third-order valence-electron chi connectivity index (χ3n) is 3.25. The molecule has 0 saturated heterocycles. The Kier molecular flexibility index (Phi) is 2.62. The number of aryl methyl sites for hydroxylation is 4. The summed E-state index contributed by atoms with van der Waals surface area (Å²) in [5.41, 5.74) is 3.90. The van der Waals surface area contributed by atoms with E-state index in [0.29, 0.717) is 6.29 Å². The zero-order valence-electron chi connectivity index (χ0n) is 10.5. The van der Waals surface area contributed by atoms with Crippen LogP contribution >= 0.6 is 0 Å². The van der Waals surface area contributed by atoms with E-state index in [2.05, 4.69) is 6.07 Å². The predicted molar refractivity (Wildman–Crippen MR) is 68.8 cm³/mol. The van der Waals surface area contributed by atoms with E-state index >= 15 is 0 Å². The molecule has 0 bridgehead atoms. The highest BCUT2D eigenvalue weighted by Gasteiger charge is 2.13. The Bertz CT molecular complexity index is 681. The van der Waals surface area contributed by atoms with Gasteiger partial charge in [-0.15, -0.1) is 0 Å². The zero-order chi connectivity index (χ0) is 12.7. The molecule has 0 aliphatic rings. The minimum atomic E-state index is -0.227. The number of carbonyl (C=O) groups excluding carboxylic acids is 1. The van der Waals surface area contributed by atoms with E-state index < -0.39 is 0 Å². The van der Waals surface area contributed by atoms with Gasteiger partial charge >= 0.3 is 0 Å². The second kappa shape index (κ2) is 3.84. The van der Waals surface area contributed by atoms with Crippen LogP contribution in [0.4, 0.5) is 0 Å². The molecule has 2 rings (SSSR count). The molecule has 0 aliphatic carbocycles. The highest BCUT2D eigenvalue weighted by atomic mass is 16.1. The van der Waals surface area contributed by atoms with Crippen molar-refractivity contribution in [1.82, 2.24) is 4.57 Å². The number of aromatic nitrogens is 1. The molecule has 0 N–H and O–H groups in total. The van der Waals surface area contributed by atoms with Crippen LogP contribution in [0.3, 0.4) is 0 Å². The van der Waals surface area contributed by atoms with E-state index in [1.54, 1.807) is 11.6 Å². The second-order valence-electron chi connectivity index (χ2n) is 4.50. The Hall–Kier alpha value is -1.90. The van der Waals surface area contributed by atoms with E-state index in [4.69, 9.17) is 0 Å². The number of hydrogen-bond acceptors (Lipinski definition) is 2. The number of benzene rings is 1. The second-order valence-corrected chi connectivity index (χ2v) is 4.50. The lowest BCUT2D eigenvalue weighted by molar-refractivity contribution is 0.112. The first-order valence-electron chi connectivity index (χ1n) is 5.53. The van der Waals surface area contributed by atoms with E-state index in [1.165, 1.54) is 0 Å². The van der Waals surface area contributed by atoms with Gasteiger partial charge in [0.05, 0.1) is 11.1 Å². The van der Waals surface area contributed by atoms with Gasteiger partial charge in [-0.1, -0.05) is 6.07 Å². The van der Waals surface area contributed by atoms with Crippen molar-refractivity contribution in [2.24, 2.45) is 7.05 Å². The van der Waals surface area contributed by atoms with Crippen molar-refractivity contribution in [1.29, 1.82) is 0 Å². The SMILES string of the molecule is Cc1cc(C)c2c(C)c(C=O)c(=O)n(C)c2c1. The van der Waals surface area contributed by atoms with Gasteiger partial charge in [0.25, 0.3) is 5.56 Å². The highest BCUT2D eigenvalue weighted by Crippen LogP contribution is 2.23. The third kappa shape index (κ3) is 1.58. The van der Waals surface area contributed by atoms with E-state index in [9.17, 15) is 9.59 Å². The van der Waals surface area contributed by atoms with Crippen LogP contribution in [0.25, 0.3) is 10.9 Å². The summed E-state index contributed by atoms with van der Waals surface area (Å²) in [4.78, 5) is 23.0. The summed E-state index contributed by atoms with van der Waals surface area (Å²) >= 11 is 0. The van der Waals surface area contributed by atoms with E-state index in [1.807, 2.05) is 26.8 Å². The molecule has 1 aromatic carbocycles. The Balaban J connectivity index is 3.15. The first kappa shape index (κ1) is 11.6. The number of pyridine rings is 1. The fourth-order valence-corrected chi connectivity index (χ4v) is 2.42. The minimum absolute atomic E-state index is 0.227. The molecule has 0 saturated carbocycles. The van der Waals surface area contributed by atoms with Gasteiger partial charge in [-0.3, -0.25) is 9.59 Å². The maximum absolute atomic E-state index is 12.0. The summed E-state index contributed by atoms with van der Waals surface area (Å²) in [6.45, 7) is 5.83. The molecule has 0 spiro atoms. The van der Waals surface area contributed by atoms with Gasteiger partial charge in [0.2, 0.25) is 0 Å². The van der Waals surface area contributed by atoms with Gasteiger partial charge in [0.15, 0.2) is 6.29 Å². The molecule has 3 heteroatoms. The maximum Gasteiger partial charge on any atom is 0.261 e. The van der Waals surface area contributed by atoms with Gasteiger partial charge in [-0.05, 0) is 43.5 Å². The zero-order valence-corrected chi connectivity index (χ0v) is 10.5. The van der Waals surface area contributed by atoms with Crippen LogP contribution in [0.15, 0.2) is 16.9 Å². The Morgan fingerprint density at radius 2 is 1.82 bits per heavy atom. The van der Waals surface area contributed by atoms with Crippen molar-refractivity contribution in [2.75, 3.05) is 0 Å². The van der Waals surface area contributed by atoms with Crippen LogP contribution in [-0.4, -0.2) is 10.9 Å². The average Bonchev–Trinajstić information content (AvgIpc) is 2.25. The Morgan fingerprint density at radius 3 is 2.41 bits per heavy atom. The molecule has 3 nitrogen and oxygen atoms in total. The lowest BCUT2D eigenvalue weighted by Gasteiger charge is -2.13. The molecule has 0 fully saturated rings. The molecule has 17 heavy (non-hydrogen) atoms. The Morgan fingerprint density at radius 1 is 1.18 bits per heavy atom. The quantitative estimate of drug-likeness (QED) is 0.704. The van der Waals surface area contributed by atoms with Crippen molar-refractivity contribution in [3.8, 4) is 0 Å². The highest BCUT2D eigenvalue weighted by molar-refractivity contribution is 5.92. The maximum atomic E-state index is 12.0. The van der Waals surface area contributed by atoms with Crippen molar-refractivity contribution < 1.29 is 4.79 Å². The molecule has 1 aromatic heterocycles. The smallest absolute Gasteiger partial charge is 0.261 e. The Labute approximate surface area is 99.7 Å². The van der Waals surface area contributed by atoms with Gasteiger partial charge in [0, 0.05) is 12.4 Å². The average molecular weight is 229 g/mol. The number of nitrogens with zero attached hydrogens (tertiary/aromatic N) is 1. The number of rotatable bonds is 1. The summed E-state index contributed by atoms with van der Waals surface area (Å²) in [5.74, 6) is 0. The topological polar surface area (TPSA) is 39.1 Å². The van der Waals surface area contributed by atoms with Gasteiger partial charge in [-0.2, -0.15) is 0 Å². The molecule has 2 aromatic rings. The first-order chi connectivity index (χ1) is 7.97. The lowest BCUT2D eigenvalue weighted by atomic mass is 9.99. The number of carbonyl (C=O) groups is 1. The molecular formula is C14H15NO2. The first-order valence-corrected chi connectivity index (χ1v) is 5.53. The number of hydrogen-bond donors (Lipinski definition) is 0. The summed E-state index contributed by atoms with van der Waals surface area (Å²) in [5, 5.41) is 1.000. The molecule has 0 radical (unpaired) electrons. The summed E-state index contributed by atoms with van der Waals surface area (Å²) in [7, 11) is 1.70. The van der Waals surface area contributed by atoms with Crippen LogP contribution in [0.1, 0.15) is 27.0 Å². The van der Waals surface area contributed by atoms with Crippen molar-refractivity contribution in [2.45, 2.75) is 20.8 Å². The third-order valence-corrected chi connectivity index (χ3v) is 3.25. The van der Waals surface area contributed by atoms with Crippen LogP contribution in [-0.2, 0) is 7.05 Å². The predicted octanol–water partition coefficient (Wildman–Crippen LogP) is 2.28. The van der Waals surface area contributed by atoms with Crippen LogP contribution < -0.4 is 5.56 Å². The summed E-state index contributed by atoms with van der Waals surface area (Å²) < 4.78 is 1.55. The molecular weight excluding hydrogens is 214 g/mol. The van der Waals surface area contributed by atoms with Crippen molar-refractivity contribution in [3.05, 3.63) is 44.7 Å². The monoisotopic (exact) mass is 229 g/mol. The van der Waals surface area contributed by atoms with Crippen molar-refractivity contribution >= 4 is 17.2 Å². The fourth-order valence-electron chi connectivity index (χ4n) is 2.42. The molecule has 1 heterocycles.